The van der Waals surface area contributed by atoms with Crippen LogP contribution in [-0.4, -0.2) is 48.7 Å². The highest BCUT2D eigenvalue weighted by molar-refractivity contribution is 7.17. The van der Waals surface area contributed by atoms with Crippen LogP contribution in [0.25, 0.3) is 0 Å². The van der Waals surface area contributed by atoms with E-state index >= 15 is 0 Å². The molecule has 0 saturated carbocycles. The predicted octanol–water partition coefficient (Wildman–Crippen LogP) is 2.28. The molecule has 2 aromatic rings. The van der Waals surface area contributed by atoms with Crippen molar-refractivity contribution in [2.24, 2.45) is 5.73 Å². The van der Waals surface area contributed by atoms with Gasteiger partial charge in [0.2, 0.25) is 0 Å². The first kappa shape index (κ1) is 17.8. The van der Waals surface area contributed by atoms with E-state index in [-0.39, 0.29) is 17.5 Å². The second-order valence-electron chi connectivity index (χ2n) is 8.43. The van der Waals surface area contributed by atoms with Gasteiger partial charge in [0.05, 0.1) is 17.9 Å². The summed E-state index contributed by atoms with van der Waals surface area (Å²) in [5.74, 6) is 0.839. The molecule has 1 unspecified atom stereocenters. The Kier molecular flexibility index (Phi) is 4.03. The zero-order valence-electron chi connectivity index (χ0n) is 16.2. The molecule has 1 aromatic heterocycles. The summed E-state index contributed by atoms with van der Waals surface area (Å²) in [6.07, 6.45) is 1.77. The van der Waals surface area contributed by atoms with E-state index < -0.39 is 0 Å². The van der Waals surface area contributed by atoms with E-state index in [1.807, 2.05) is 13.8 Å². The molecule has 4 heterocycles. The number of anilines is 3. The van der Waals surface area contributed by atoms with Crippen molar-refractivity contribution >= 4 is 33.8 Å². The van der Waals surface area contributed by atoms with Crippen molar-refractivity contribution in [3.63, 3.8) is 0 Å². The molecule has 1 amide bonds. The number of hydrogen-bond acceptors (Lipinski definition) is 7. The number of ether oxygens (including phenoxy) is 1. The smallest absolute Gasteiger partial charge is 0.263 e. The Labute approximate surface area is 168 Å². The number of nitrogens with two attached hydrogens (primary N) is 1. The van der Waals surface area contributed by atoms with Crippen LogP contribution in [0.1, 0.15) is 35.6 Å². The van der Waals surface area contributed by atoms with Gasteiger partial charge >= 0.3 is 0 Å². The molecule has 5 rings (SSSR count). The summed E-state index contributed by atoms with van der Waals surface area (Å²) in [4.78, 5) is 22.5. The van der Waals surface area contributed by atoms with Crippen LogP contribution in [0.5, 0.6) is 5.75 Å². The molecule has 1 saturated heterocycles. The van der Waals surface area contributed by atoms with Gasteiger partial charge in [-0.2, -0.15) is 0 Å². The van der Waals surface area contributed by atoms with Crippen molar-refractivity contribution < 1.29 is 9.53 Å². The maximum Gasteiger partial charge on any atom is 0.263 e. The molecule has 28 heavy (non-hydrogen) atoms. The number of carbonyl (C=O) groups is 1. The van der Waals surface area contributed by atoms with Crippen LogP contribution in [0.4, 0.5) is 16.5 Å². The number of nitrogens with one attached hydrogen (secondary N) is 1. The van der Waals surface area contributed by atoms with E-state index in [4.69, 9.17) is 15.5 Å². The summed E-state index contributed by atoms with van der Waals surface area (Å²) in [6, 6.07) is 6.56. The lowest BCUT2D eigenvalue weighted by Crippen LogP contribution is -2.48. The number of carbonyl (C=O) groups excluding carboxylic acids is 1. The predicted molar refractivity (Wildman–Crippen MR) is 111 cm³/mol. The van der Waals surface area contributed by atoms with E-state index in [0.717, 1.165) is 65.3 Å². The van der Waals surface area contributed by atoms with Crippen LogP contribution in [-0.2, 0) is 6.42 Å². The third-order valence-electron chi connectivity index (χ3n) is 5.58. The van der Waals surface area contributed by atoms with E-state index in [1.165, 1.54) is 11.3 Å². The first-order chi connectivity index (χ1) is 13.4. The lowest BCUT2D eigenvalue weighted by atomic mass is 9.94. The summed E-state index contributed by atoms with van der Waals surface area (Å²) in [5.41, 5.74) is 8.84. The summed E-state index contributed by atoms with van der Waals surface area (Å²) < 4.78 is 5.96. The van der Waals surface area contributed by atoms with Gasteiger partial charge in [-0.3, -0.25) is 4.79 Å². The highest BCUT2D eigenvalue weighted by Crippen LogP contribution is 2.42. The summed E-state index contributed by atoms with van der Waals surface area (Å²) in [6.45, 7) is 7.24. The largest absolute Gasteiger partial charge is 0.489 e. The van der Waals surface area contributed by atoms with Crippen LogP contribution in [0.15, 0.2) is 18.2 Å². The van der Waals surface area contributed by atoms with E-state index in [0.29, 0.717) is 6.61 Å². The molecule has 1 aromatic carbocycles. The Hall–Kier alpha value is -2.32. The second-order valence-corrected chi connectivity index (χ2v) is 9.41. The van der Waals surface area contributed by atoms with Crippen molar-refractivity contribution in [2.75, 3.05) is 36.0 Å². The number of hydrogen-bond donors (Lipinski definition) is 2. The molecule has 3 aliphatic heterocycles. The zero-order valence-corrected chi connectivity index (χ0v) is 17.0. The lowest BCUT2D eigenvalue weighted by molar-refractivity contribution is 0.0901. The highest BCUT2D eigenvalue weighted by Gasteiger charge is 2.35. The third-order valence-corrected chi connectivity index (χ3v) is 6.70. The molecule has 0 radical (unpaired) electrons. The fourth-order valence-corrected chi connectivity index (χ4v) is 5.22. The molecule has 1 atom stereocenters. The van der Waals surface area contributed by atoms with Gasteiger partial charge in [-0.15, -0.1) is 0 Å². The minimum Gasteiger partial charge on any atom is -0.489 e. The van der Waals surface area contributed by atoms with Crippen LogP contribution in [0.2, 0.25) is 0 Å². The number of nitrogens with zero attached hydrogens (tertiary/aromatic N) is 3. The Morgan fingerprint density at radius 2 is 2.21 bits per heavy atom. The number of aromatic nitrogens is 1. The lowest BCUT2D eigenvalue weighted by Gasteiger charge is -2.30. The minimum absolute atomic E-state index is 0.0239. The molecular formula is C20H25N5O2S. The highest BCUT2D eigenvalue weighted by atomic mass is 32.1. The molecule has 8 heteroatoms. The first-order valence-corrected chi connectivity index (χ1v) is 10.6. The second kappa shape index (κ2) is 6.35. The van der Waals surface area contributed by atoms with Crippen LogP contribution in [0, 0.1) is 0 Å². The van der Waals surface area contributed by atoms with Gasteiger partial charge in [0.15, 0.2) is 5.13 Å². The van der Waals surface area contributed by atoms with Crippen molar-refractivity contribution in [2.45, 2.75) is 38.3 Å². The van der Waals surface area contributed by atoms with Crippen LogP contribution < -0.4 is 25.6 Å². The average molecular weight is 400 g/mol. The van der Waals surface area contributed by atoms with E-state index in [9.17, 15) is 4.79 Å². The van der Waals surface area contributed by atoms with Gasteiger partial charge < -0.3 is 25.6 Å². The fraction of sp³-hybridized carbons (Fsp3) is 0.500. The maximum absolute atomic E-state index is 12.5. The summed E-state index contributed by atoms with van der Waals surface area (Å²) in [7, 11) is 0. The van der Waals surface area contributed by atoms with Crippen molar-refractivity contribution in [3.8, 4) is 5.75 Å². The molecule has 7 nitrogen and oxygen atoms in total. The topological polar surface area (TPSA) is 83.7 Å². The summed E-state index contributed by atoms with van der Waals surface area (Å²) in [5, 5.41) is 3.92. The van der Waals surface area contributed by atoms with Crippen LogP contribution >= 0.6 is 11.3 Å². The van der Waals surface area contributed by atoms with Gasteiger partial charge in [-0.25, -0.2) is 4.98 Å². The minimum atomic E-state index is -0.260. The molecule has 3 N–H and O–H groups in total. The first-order valence-electron chi connectivity index (χ1n) is 9.77. The number of fused-ring (bicyclic) bond motifs is 2. The molecular weight excluding hydrogens is 374 g/mol. The number of rotatable bonds is 2. The van der Waals surface area contributed by atoms with E-state index in [2.05, 4.69) is 33.3 Å². The van der Waals surface area contributed by atoms with Gasteiger partial charge in [0.1, 0.15) is 17.2 Å². The third kappa shape index (κ3) is 3.00. The Balaban J connectivity index is 1.47. The Morgan fingerprint density at radius 1 is 1.36 bits per heavy atom. The zero-order chi connectivity index (χ0) is 19.5. The number of benzene rings is 1. The van der Waals surface area contributed by atoms with Gasteiger partial charge in [-0.1, -0.05) is 11.3 Å². The SMILES string of the molecule is CC1(C)Cc2nc(N3CCOc4cc(N5CCC(N)C5)ccc43)sc2C(=O)N1. The fourth-order valence-electron chi connectivity index (χ4n) is 4.20. The normalized spacial score (nSPS) is 23.1. The molecule has 0 aliphatic carbocycles. The van der Waals surface area contributed by atoms with Gasteiger partial charge in [-0.05, 0) is 32.4 Å². The monoisotopic (exact) mass is 399 g/mol. The molecule has 3 aliphatic rings. The molecule has 0 spiro atoms. The van der Waals surface area contributed by atoms with Gasteiger partial charge in [0.25, 0.3) is 5.91 Å². The Morgan fingerprint density at radius 3 is 3.00 bits per heavy atom. The quantitative estimate of drug-likeness (QED) is 0.806. The number of thiazole rings is 1. The maximum atomic E-state index is 12.5. The molecule has 1 fully saturated rings. The average Bonchev–Trinajstić information content (AvgIpc) is 3.26. The number of amides is 1. The van der Waals surface area contributed by atoms with E-state index in [1.54, 1.807) is 0 Å². The summed E-state index contributed by atoms with van der Waals surface area (Å²) >= 11 is 1.46. The molecule has 0 bridgehead atoms. The van der Waals surface area contributed by atoms with Crippen molar-refractivity contribution in [1.82, 2.24) is 10.3 Å². The molecule has 148 valence electrons. The standard InChI is InChI=1S/C20H25N5O2S/c1-20(2)10-14-17(18(26)23-20)28-19(22-14)25-7-8-27-16-9-13(3-4-15(16)25)24-6-5-12(21)11-24/h3-4,9,12H,5-8,10-11,21H2,1-2H3,(H,23,26). The van der Waals surface area contributed by atoms with Gasteiger partial charge in [0, 0.05) is 42.8 Å². The van der Waals surface area contributed by atoms with Crippen LogP contribution in [0.3, 0.4) is 0 Å². The van der Waals surface area contributed by atoms with Crippen molar-refractivity contribution in [1.29, 1.82) is 0 Å². The van der Waals surface area contributed by atoms with Crippen molar-refractivity contribution in [3.05, 3.63) is 28.8 Å². The Bertz CT molecular complexity index is 941.